The maximum absolute atomic E-state index is 6.00. The van der Waals surface area contributed by atoms with Crippen LogP contribution in [-0.4, -0.2) is 29.7 Å². The lowest BCUT2D eigenvalue weighted by molar-refractivity contribution is 0.449. The zero-order chi connectivity index (χ0) is 15.2. The molecule has 114 valence electrons. The van der Waals surface area contributed by atoms with E-state index in [1.807, 2.05) is 30.0 Å². The Morgan fingerprint density at radius 2 is 2.04 bits per heavy atom. The summed E-state index contributed by atoms with van der Waals surface area (Å²) in [6.45, 7) is 2.07. The molecule has 2 aliphatic heterocycles. The van der Waals surface area contributed by atoms with Crippen LogP contribution in [0.25, 0.3) is 22.3 Å². The lowest BCUT2D eigenvalue weighted by atomic mass is 10.1. The number of para-hydroxylation sites is 1. The van der Waals surface area contributed by atoms with Gasteiger partial charge in [-0.1, -0.05) is 24.3 Å². The van der Waals surface area contributed by atoms with Gasteiger partial charge < -0.3 is 9.32 Å². The molecular formula is C19H16N2OS. The Morgan fingerprint density at radius 1 is 1.09 bits per heavy atom. The Balaban J connectivity index is 1.60. The van der Waals surface area contributed by atoms with Crippen molar-refractivity contribution in [3.05, 3.63) is 54.1 Å². The van der Waals surface area contributed by atoms with E-state index in [1.165, 1.54) is 16.3 Å². The van der Waals surface area contributed by atoms with Gasteiger partial charge in [0.15, 0.2) is 0 Å². The molecule has 0 fully saturated rings. The van der Waals surface area contributed by atoms with Crippen LogP contribution in [0.15, 0.2) is 62.8 Å². The van der Waals surface area contributed by atoms with E-state index in [2.05, 4.69) is 35.2 Å². The van der Waals surface area contributed by atoms with Gasteiger partial charge in [-0.25, -0.2) is 0 Å². The van der Waals surface area contributed by atoms with Crippen molar-refractivity contribution in [1.29, 1.82) is 0 Å². The summed E-state index contributed by atoms with van der Waals surface area (Å²) < 4.78 is 6.00. The summed E-state index contributed by atoms with van der Waals surface area (Å²) in [4.78, 5) is 8.43. The van der Waals surface area contributed by atoms with Gasteiger partial charge in [0.1, 0.15) is 17.2 Å². The first kappa shape index (κ1) is 13.3. The van der Waals surface area contributed by atoms with Gasteiger partial charge in [-0.2, -0.15) is 0 Å². The van der Waals surface area contributed by atoms with Gasteiger partial charge in [0.25, 0.3) is 0 Å². The number of aliphatic imine (C=N–C) groups is 1. The predicted molar refractivity (Wildman–Crippen MR) is 95.1 cm³/mol. The number of furan rings is 1. The van der Waals surface area contributed by atoms with Crippen LogP contribution in [0, 0.1) is 0 Å². The number of rotatable bonds is 1. The lowest BCUT2D eigenvalue weighted by Gasteiger charge is -2.34. The molecule has 2 aliphatic rings. The van der Waals surface area contributed by atoms with E-state index in [9.17, 15) is 0 Å². The third-order valence-electron chi connectivity index (χ3n) is 4.46. The largest absolute Gasteiger partial charge is 0.456 e. The SMILES string of the molecule is c1ccc2oc(-c3ccc4c(c3)SCN3CCCN=C43)cc2c1. The Morgan fingerprint density at radius 3 is 3.00 bits per heavy atom. The molecule has 3 nitrogen and oxygen atoms in total. The van der Waals surface area contributed by atoms with Crippen molar-refractivity contribution in [3.63, 3.8) is 0 Å². The van der Waals surface area contributed by atoms with Gasteiger partial charge in [0.05, 0.1) is 5.88 Å². The number of benzene rings is 2. The monoisotopic (exact) mass is 320 g/mol. The number of nitrogens with zero attached hydrogens (tertiary/aromatic N) is 2. The smallest absolute Gasteiger partial charge is 0.135 e. The molecular weight excluding hydrogens is 304 g/mol. The molecule has 0 spiro atoms. The molecule has 0 saturated heterocycles. The van der Waals surface area contributed by atoms with E-state index >= 15 is 0 Å². The molecule has 0 aliphatic carbocycles. The normalized spacial score (nSPS) is 16.9. The fourth-order valence-electron chi connectivity index (χ4n) is 3.28. The van der Waals surface area contributed by atoms with Crippen molar-refractivity contribution in [2.24, 2.45) is 4.99 Å². The summed E-state index contributed by atoms with van der Waals surface area (Å²) in [7, 11) is 0. The molecule has 0 bridgehead atoms. The van der Waals surface area contributed by atoms with Crippen LogP contribution < -0.4 is 0 Å². The van der Waals surface area contributed by atoms with Crippen molar-refractivity contribution in [3.8, 4) is 11.3 Å². The Kier molecular flexibility index (Phi) is 2.98. The summed E-state index contributed by atoms with van der Waals surface area (Å²) in [6, 6.07) is 16.9. The molecule has 3 aromatic rings. The molecule has 5 rings (SSSR count). The maximum atomic E-state index is 6.00. The number of hydrogen-bond acceptors (Lipinski definition) is 4. The third kappa shape index (κ3) is 2.17. The van der Waals surface area contributed by atoms with E-state index < -0.39 is 0 Å². The zero-order valence-electron chi connectivity index (χ0n) is 12.7. The topological polar surface area (TPSA) is 28.7 Å². The molecule has 1 aromatic heterocycles. The summed E-state index contributed by atoms with van der Waals surface area (Å²) in [5, 5.41) is 1.15. The minimum atomic E-state index is 0.933. The summed E-state index contributed by atoms with van der Waals surface area (Å²) in [5.41, 5.74) is 3.34. The number of amidine groups is 1. The van der Waals surface area contributed by atoms with E-state index in [-0.39, 0.29) is 0 Å². The lowest BCUT2D eigenvalue weighted by Crippen LogP contribution is -2.38. The van der Waals surface area contributed by atoms with Crippen LogP contribution in [0.5, 0.6) is 0 Å². The molecule has 4 heteroatoms. The van der Waals surface area contributed by atoms with E-state index in [0.717, 1.165) is 47.7 Å². The van der Waals surface area contributed by atoms with Crippen LogP contribution in [0.2, 0.25) is 0 Å². The Labute approximate surface area is 139 Å². The highest BCUT2D eigenvalue weighted by Gasteiger charge is 2.25. The Bertz CT molecular complexity index is 895. The summed E-state index contributed by atoms with van der Waals surface area (Å²) >= 11 is 1.89. The Hall–Kier alpha value is -2.20. The highest BCUT2D eigenvalue weighted by atomic mass is 32.2. The molecule has 0 atom stereocenters. The summed E-state index contributed by atoms with van der Waals surface area (Å²) in [6.07, 6.45) is 1.16. The second-order valence-corrected chi connectivity index (χ2v) is 6.94. The average Bonchev–Trinajstić information content (AvgIpc) is 3.05. The summed E-state index contributed by atoms with van der Waals surface area (Å²) in [5.74, 6) is 3.10. The van der Waals surface area contributed by atoms with Crippen LogP contribution in [0.1, 0.15) is 12.0 Å². The van der Waals surface area contributed by atoms with E-state index in [0.29, 0.717) is 0 Å². The molecule has 0 radical (unpaired) electrons. The number of thioether (sulfide) groups is 1. The van der Waals surface area contributed by atoms with Crippen molar-refractivity contribution in [1.82, 2.24) is 4.90 Å². The van der Waals surface area contributed by atoms with Gasteiger partial charge in [-0.15, -0.1) is 11.8 Å². The minimum absolute atomic E-state index is 0.933. The fraction of sp³-hybridized carbons (Fsp3) is 0.211. The van der Waals surface area contributed by atoms with Gasteiger partial charge in [-0.05, 0) is 30.7 Å². The first-order valence-electron chi connectivity index (χ1n) is 7.94. The third-order valence-corrected chi connectivity index (χ3v) is 5.55. The minimum Gasteiger partial charge on any atom is -0.456 e. The van der Waals surface area contributed by atoms with Crippen LogP contribution >= 0.6 is 11.8 Å². The first-order valence-corrected chi connectivity index (χ1v) is 8.93. The molecule has 0 saturated carbocycles. The number of fused-ring (bicyclic) bond motifs is 4. The second kappa shape index (κ2) is 5.17. The highest BCUT2D eigenvalue weighted by molar-refractivity contribution is 7.99. The molecule has 2 aromatic carbocycles. The zero-order valence-corrected chi connectivity index (χ0v) is 13.5. The van der Waals surface area contributed by atoms with Gasteiger partial charge >= 0.3 is 0 Å². The van der Waals surface area contributed by atoms with Crippen LogP contribution in [0.3, 0.4) is 0 Å². The number of hydrogen-bond donors (Lipinski definition) is 0. The van der Waals surface area contributed by atoms with Crippen LogP contribution in [0.4, 0.5) is 0 Å². The van der Waals surface area contributed by atoms with Gasteiger partial charge in [-0.3, -0.25) is 4.99 Å². The molecule has 0 amide bonds. The fourth-order valence-corrected chi connectivity index (χ4v) is 4.36. The molecule has 23 heavy (non-hydrogen) atoms. The van der Waals surface area contributed by atoms with E-state index in [4.69, 9.17) is 9.41 Å². The highest BCUT2D eigenvalue weighted by Crippen LogP contribution is 2.36. The average molecular weight is 320 g/mol. The predicted octanol–water partition coefficient (Wildman–Crippen LogP) is 4.62. The first-order chi connectivity index (χ1) is 11.4. The van der Waals surface area contributed by atoms with E-state index in [1.54, 1.807) is 0 Å². The van der Waals surface area contributed by atoms with Crippen molar-refractivity contribution in [2.45, 2.75) is 11.3 Å². The maximum Gasteiger partial charge on any atom is 0.135 e. The van der Waals surface area contributed by atoms with Crippen molar-refractivity contribution < 1.29 is 4.42 Å². The van der Waals surface area contributed by atoms with Crippen molar-refractivity contribution in [2.75, 3.05) is 19.0 Å². The van der Waals surface area contributed by atoms with Gasteiger partial charge in [0, 0.05) is 34.5 Å². The molecule has 3 heterocycles. The quantitative estimate of drug-likeness (QED) is 0.655. The molecule has 0 unspecified atom stereocenters. The van der Waals surface area contributed by atoms with Gasteiger partial charge in [0.2, 0.25) is 0 Å². The standard InChI is InChI=1S/C19H16N2OS/c1-2-5-16-13(4-1)10-17(22-16)14-6-7-15-18(11-14)23-12-21-9-3-8-20-19(15)21/h1-2,4-7,10-11H,3,8-9,12H2. The second-order valence-electron chi connectivity index (χ2n) is 5.96. The van der Waals surface area contributed by atoms with Crippen molar-refractivity contribution >= 4 is 28.6 Å². The van der Waals surface area contributed by atoms with Crippen LogP contribution in [-0.2, 0) is 0 Å². The molecule has 0 N–H and O–H groups in total.